The number of sulfonamides is 1. The van der Waals surface area contributed by atoms with Gasteiger partial charge in [0, 0.05) is 23.9 Å². The highest BCUT2D eigenvalue weighted by Crippen LogP contribution is 2.20. The zero-order chi connectivity index (χ0) is 19.3. The van der Waals surface area contributed by atoms with Crippen LogP contribution < -0.4 is 10.1 Å². The number of halogens is 2. The third kappa shape index (κ3) is 5.24. The molecule has 0 fully saturated rings. The van der Waals surface area contributed by atoms with E-state index < -0.39 is 34.1 Å². The summed E-state index contributed by atoms with van der Waals surface area (Å²) in [7, 11) is -2.25. The minimum absolute atomic E-state index is 0.0274. The van der Waals surface area contributed by atoms with Gasteiger partial charge in [0.05, 0.1) is 19.9 Å². The number of hydrogen-bond acceptors (Lipinski definition) is 4. The Morgan fingerprint density at radius 2 is 1.85 bits per heavy atom. The van der Waals surface area contributed by atoms with Gasteiger partial charge in [-0.2, -0.15) is 4.31 Å². The van der Waals surface area contributed by atoms with E-state index in [0.29, 0.717) is 11.3 Å². The number of para-hydroxylation sites is 1. The largest absolute Gasteiger partial charge is 0.496 e. The Morgan fingerprint density at radius 1 is 1.15 bits per heavy atom. The molecule has 0 aliphatic rings. The van der Waals surface area contributed by atoms with Gasteiger partial charge in [-0.3, -0.25) is 4.79 Å². The number of benzene rings is 2. The molecule has 2 aromatic carbocycles. The molecule has 1 N–H and O–H groups in total. The molecule has 0 radical (unpaired) electrons. The number of anilines is 1. The van der Waals surface area contributed by atoms with Crippen molar-refractivity contribution in [2.75, 3.05) is 25.2 Å². The summed E-state index contributed by atoms with van der Waals surface area (Å²) >= 11 is 0. The lowest BCUT2D eigenvalue weighted by atomic mass is 10.2. The molecule has 0 spiro atoms. The number of methoxy groups -OCH3 is 1. The van der Waals surface area contributed by atoms with Crippen LogP contribution in [0, 0.1) is 11.6 Å². The maximum absolute atomic E-state index is 13.2. The second kappa shape index (κ2) is 8.24. The fourth-order valence-electron chi connectivity index (χ4n) is 2.25. The molecular formula is C17H18F2N2O4S. The van der Waals surface area contributed by atoms with E-state index in [1.54, 1.807) is 24.3 Å². The molecule has 0 heterocycles. The van der Waals surface area contributed by atoms with Crippen molar-refractivity contribution in [3.63, 3.8) is 0 Å². The van der Waals surface area contributed by atoms with Crippen LogP contribution in [0.3, 0.4) is 0 Å². The normalized spacial score (nSPS) is 11.4. The van der Waals surface area contributed by atoms with Gasteiger partial charge in [0.1, 0.15) is 5.75 Å². The van der Waals surface area contributed by atoms with Crippen LogP contribution in [0.2, 0.25) is 0 Å². The van der Waals surface area contributed by atoms with Crippen LogP contribution in [-0.4, -0.2) is 38.5 Å². The van der Waals surface area contributed by atoms with Gasteiger partial charge in [-0.1, -0.05) is 18.2 Å². The number of carbonyl (C=O) groups excluding carboxylic acids is 1. The Balaban J connectivity index is 2.15. The topological polar surface area (TPSA) is 75.7 Å². The van der Waals surface area contributed by atoms with Crippen molar-refractivity contribution in [2.24, 2.45) is 0 Å². The summed E-state index contributed by atoms with van der Waals surface area (Å²) in [5.41, 5.74) is 0.612. The fraction of sp³-hybridized carbons (Fsp3) is 0.235. The summed E-state index contributed by atoms with van der Waals surface area (Å²) < 4.78 is 56.3. The molecule has 2 aromatic rings. The van der Waals surface area contributed by atoms with E-state index in [9.17, 15) is 22.0 Å². The molecule has 26 heavy (non-hydrogen) atoms. The first-order chi connectivity index (χ1) is 12.2. The maximum atomic E-state index is 13.2. The number of rotatable bonds is 7. The summed E-state index contributed by atoms with van der Waals surface area (Å²) in [6.45, 7) is -0.566. The minimum Gasteiger partial charge on any atom is -0.496 e. The smallest absolute Gasteiger partial charge is 0.239 e. The Kier molecular flexibility index (Phi) is 6.27. The van der Waals surface area contributed by atoms with Gasteiger partial charge < -0.3 is 10.1 Å². The van der Waals surface area contributed by atoms with Gasteiger partial charge in [0.25, 0.3) is 0 Å². The van der Waals surface area contributed by atoms with Crippen LogP contribution in [0.25, 0.3) is 0 Å². The Hall–Kier alpha value is -2.52. The standard InChI is InChI=1S/C17H18F2N2O4S/c1-25-16-6-4-3-5-12(16)10-21(26(2,23)24)11-17(22)20-13-7-8-14(18)15(19)9-13/h3-9H,10-11H2,1-2H3,(H,20,22). The number of nitrogens with one attached hydrogen (secondary N) is 1. The van der Waals surface area contributed by atoms with Crippen LogP contribution in [0.1, 0.15) is 5.56 Å². The van der Waals surface area contributed by atoms with Crippen LogP contribution >= 0.6 is 0 Å². The molecular weight excluding hydrogens is 366 g/mol. The SMILES string of the molecule is COc1ccccc1CN(CC(=O)Nc1ccc(F)c(F)c1)S(C)(=O)=O. The number of amides is 1. The lowest BCUT2D eigenvalue weighted by Gasteiger charge is -2.20. The van der Waals surface area contributed by atoms with Crippen molar-refractivity contribution in [1.29, 1.82) is 0 Å². The van der Waals surface area contributed by atoms with E-state index in [-0.39, 0.29) is 12.2 Å². The second-order valence-corrected chi connectivity index (χ2v) is 7.50. The average Bonchev–Trinajstić information content (AvgIpc) is 2.57. The predicted molar refractivity (Wildman–Crippen MR) is 93.2 cm³/mol. The monoisotopic (exact) mass is 384 g/mol. The molecule has 0 saturated heterocycles. The lowest BCUT2D eigenvalue weighted by molar-refractivity contribution is -0.116. The molecule has 1 amide bonds. The highest BCUT2D eigenvalue weighted by Gasteiger charge is 2.22. The Bertz CT molecular complexity index is 903. The van der Waals surface area contributed by atoms with E-state index in [1.807, 2.05) is 0 Å². The van der Waals surface area contributed by atoms with Gasteiger partial charge in [-0.15, -0.1) is 0 Å². The fourth-order valence-corrected chi connectivity index (χ4v) is 2.97. The maximum Gasteiger partial charge on any atom is 0.239 e. The number of nitrogens with zero attached hydrogens (tertiary/aromatic N) is 1. The van der Waals surface area contributed by atoms with Crippen molar-refractivity contribution in [1.82, 2.24) is 4.31 Å². The van der Waals surface area contributed by atoms with E-state index >= 15 is 0 Å². The van der Waals surface area contributed by atoms with E-state index in [4.69, 9.17) is 4.74 Å². The average molecular weight is 384 g/mol. The second-order valence-electron chi connectivity index (χ2n) is 5.52. The molecule has 140 valence electrons. The van der Waals surface area contributed by atoms with Gasteiger partial charge in [-0.25, -0.2) is 17.2 Å². The van der Waals surface area contributed by atoms with Crippen molar-refractivity contribution >= 4 is 21.6 Å². The van der Waals surface area contributed by atoms with Crippen LogP contribution in [-0.2, 0) is 21.4 Å². The summed E-state index contributed by atoms with van der Waals surface area (Å²) in [5.74, 6) is -2.35. The summed E-state index contributed by atoms with van der Waals surface area (Å²) in [6, 6.07) is 9.69. The molecule has 0 aliphatic heterocycles. The number of carbonyl (C=O) groups is 1. The van der Waals surface area contributed by atoms with Crippen LogP contribution in [0.4, 0.5) is 14.5 Å². The van der Waals surface area contributed by atoms with E-state index in [2.05, 4.69) is 5.32 Å². The molecule has 0 bridgehead atoms. The third-order valence-corrected chi connectivity index (χ3v) is 4.73. The molecule has 2 rings (SSSR count). The Labute approximate surface area is 150 Å². The van der Waals surface area contributed by atoms with E-state index in [1.165, 1.54) is 13.2 Å². The molecule has 9 heteroatoms. The molecule has 0 aliphatic carbocycles. The zero-order valence-corrected chi connectivity index (χ0v) is 15.0. The first-order valence-corrected chi connectivity index (χ1v) is 9.37. The van der Waals surface area contributed by atoms with Crippen molar-refractivity contribution in [2.45, 2.75) is 6.54 Å². The molecule has 0 atom stereocenters. The molecule has 0 saturated carbocycles. The third-order valence-electron chi connectivity index (χ3n) is 3.53. The first kappa shape index (κ1) is 19.8. The highest BCUT2D eigenvalue weighted by atomic mass is 32.2. The van der Waals surface area contributed by atoms with Crippen LogP contribution in [0.5, 0.6) is 5.75 Å². The van der Waals surface area contributed by atoms with Gasteiger partial charge >= 0.3 is 0 Å². The quantitative estimate of drug-likeness (QED) is 0.795. The van der Waals surface area contributed by atoms with Crippen molar-refractivity contribution in [3.05, 3.63) is 59.7 Å². The predicted octanol–water partition coefficient (Wildman–Crippen LogP) is 2.37. The van der Waals surface area contributed by atoms with Crippen LogP contribution in [0.15, 0.2) is 42.5 Å². The lowest BCUT2D eigenvalue weighted by Crippen LogP contribution is -2.37. The molecule has 0 unspecified atom stereocenters. The van der Waals surface area contributed by atoms with Crippen molar-refractivity contribution in [3.8, 4) is 5.75 Å². The summed E-state index contributed by atoms with van der Waals surface area (Å²) in [4.78, 5) is 12.1. The zero-order valence-electron chi connectivity index (χ0n) is 14.2. The minimum atomic E-state index is -3.71. The highest BCUT2D eigenvalue weighted by molar-refractivity contribution is 7.88. The number of ether oxygens (including phenoxy) is 1. The molecule has 0 aromatic heterocycles. The number of hydrogen-bond donors (Lipinski definition) is 1. The Morgan fingerprint density at radius 3 is 2.46 bits per heavy atom. The van der Waals surface area contributed by atoms with E-state index in [0.717, 1.165) is 22.7 Å². The van der Waals surface area contributed by atoms with Gasteiger partial charge in [0.15, 0.2) is 11.6 Å². The van der Waals surface area contributed by atoms with Gasteiger partial charge in [0.2, 0.25) is 15.9 Å². The van der Waals surface area contributed by atoms with Gasteiger partial charge in [-0.05, 0) is 18.2 Å². The summed E-state index contributed by atoms with van der Waals surface area (Å²) in [6.07, 6.45) is 0.979. The first-order valence-electron chi connectivity index (χ1n) is 7.52. The van der Waals surface area contributed by atoms with Crippen molar-refractivity contribution < 1.29 is 26.7 Å². The summed E-state index contributed by atoms with van der Waals surface area (Å²) in [5, 5.41) is 2.34. The molecule has 6 nitrogen and oxygen atoms in total.